The molecule has 1 fully saturated rings. The number of hydrogen-bond donors (Lipinski definition) is 2. The van der Waals surface area contributed by atoms with Crippen LogP contribution in [-0.2, 0) is 6.54 Å². The van der Waals surface area contributed by atoms with Crippen molar-refractivity contribution in [1.29, 1.82) is 0 Å². The van der Waals surface area contributed by atoms with E-state index in [1.807, 2.05) is 6.20 Å². The number of anilines is 1. The van der Waals surface area contributed by atoms with E-state index in [1.54, 1.807) is 0 Å². The molecule has 0 aliphatic carbocycles. The Bertz CT molecular complexity index is 537. The smallest absolute Gasteiger partial charge is 0.191 e. The summed E-state index contributed by atoms with van der Waals surface area (Å²) in [6.07, 6.45) is 1.95. The van der Waals surface area contributed by atoms with Gasteiger partial charge in [0.15, 0.2) is 5.96 Å². The molecule has 26 heavy (non-hydrogen) atoms. The second-order valence-electron chi connectivity index (χ2n) is 7.19. The number of aromatic nitrogens is 1. The number of halogens is 1. The van der Waals surface area contributed by atoms with E-state index in [0.29, 0.717) is 18.5 Å². The molecule has 1 atom stereocenters. The van der Waals surface area contributed by atoms with Crippen molar-refractivity contribution in [3.63, 3.8) is 0 Å². The maximum absolute atomic E-state index is 4.69. The van der Waals surface area contributed by atoms with Crippen molar-refractivity contribution >= 4 is 35.8 Å². The Balaban J connectivity index is 0.00000338. The van der Waals surface area contributed by atoms with Crippen LogP contribution in [0.3, 0.4) is 0 Å². The van der Waals surface area contributed by atoms with Crippen molar-refractivity contribution in [3.8, 4) is 0 Å². The Morgan fingerprint density at radius 2 is 1.88 bits per heavy atom. The number of pyridine rings is 1. The average Bonchev–Trinajstić information content (AvgIpc) is 2.61. The minimum absolute atomic E-state index is 0. The van der Waals surface area contributed by atoms with E-state index in [-0.39, 0.29) is 24.0 Å². The SMILES string of the molecule is CCNC(=NCc1ccc(N2CCN(C)CC2)nc1)NC(C)C(C)C.I. The predicted molar refractivity (Wildman–Crippen MR) is 122 cm³/mol. The zero-order chi connectivity index (χ0) is 18.2. The van der Waals surface area contributed by atoms with Gasteiger partial charge < -0.3 is 20.4 Å². The van der Waals surface area contributed by atoms with Gasteiger partial charge >= 0.3 is 0 Å². The molecular formula is C19H35IN6. The minimum atomic E-state index is 0. The van der Waals surface area contributed by atoms with Gasteiger partial charge in [-0.05, 0) is 38.4 Å². The second-order valence-corrected chi connectivity index (χ2v) is 7.19. The molecule has 0 saturated carbocycles. The Kier molecular flexibility index (Phi) is 10.2. The number of nitrogens with one attached hydrogen (secondary N) is 2. The molecule has 2 N–H and O–H groups in total. The Morgan fingerprint density at radius 3 is 2.42 bits per heavy atom. The lowest BCUT2D eigenvalue weighted by Crippen LogP contribution is -2.44. The van der Waals surface area contributed by atoms with Crippen LogP contribution in [0.4, 0.5) is 5.82 Å². The molecule has 148 valence electrons. The topological polar surface area (TPSA) is 55.8 Å². The Labute approximate surface area is 175 Å². The van der Waals surface area contributed by atoms with Crippen LogP contribution < -0.4 is 15.5 Å². The van der Waals surface area contributed by atoms with Crippen molar-refractivity contribution in [2.45, 2.75) is 40.3 Å². The molecule has 0 radical (unpaired) electrons. The first kappa shape index (κ1) is 23.0. The number of guanidine groups is 1. The number of nitrogens with zero attached hydrogens (tertiary/aromatic N) is 4. The third-order valence-electron chi connectivity index (χ3n) is 4.76. The predicted octanol–water partition coefficient (Wildman–Crippen LogP) is 2.55. The van der Waals surface area contributed by atoms with Crippen molar-refractivity contribution in [3.05, 3.63) is 23.9 Å². The molecular weight excluding hydrogens is 439 g/mol. The maximum Gasteiger partial charge on any atom is 0.191 e. The summed E-state index contributed by atoms with van der Waals surface area (Å²) in [5.74, 6) is 2.50. The van der Waals surface area contributed by atoms with E-state index in [2.05, 4.69) is 72.3 Å². The molecule has 0 bridgehead atoms. The van der Waals surface area contributed by atoms with Crippen LogP contribution in [0, 0.1) is 5.92 Å². The maximum atomic E-state index is 4.69. The van der Waals surface area contributed by atoms with Gasteiger partial charge in [-0.15, -0.1) is 24.0 Å². The number of rotatable bonds is 6. The molecule has 0 amide bonds. The molecule has 1 saturated heterocycles. The van der Waals surface area contributed by atoms with Crippen molar-refractivity contribution < 1.29 is 0 Å². The molecule has 2 rings (SSSR count). The van der Waals surface area contributed by atoms with Gasteiger partial charge in [0, 0.05) is 45.0 Å². The second kappa shape index (κ2) is 11.6. The molecule has 1 aliphatic heterocycles. The Morgan fingerprint density at radius 1 is 1.19 bits per heavy atom. The molecule has 7 heteroatoms. The van der Waals surface area contributed by atoms with Gasteiger partial charge in [-0.1, -0.05) is 19.9 Å². The van der Waals surface area contributed by atoms with Crippen LogP contribution in [0.15, 0.2) is 23.3 Å². The van der Waals surface area contributed by atoms with Gasteiger partial charge in [0.05, 0.1) is 6.54 Å². The van der Waals surface area contributed by atoms with Gasteiger partial charge in [-0.2, -0.15) is 0 Å². The van der Waals surface area contributed by atoms with Crippen LogP contribution in [0.25, 0.3) is 0 Å². The van der Waals surface area contributed by atoms with Crippen LogP contribution in [0.1, 0.15) is 33.3 Å². The summed E-state index contributed by atoms with van der Waals surface area (Å²) >= 11 is 0. The van der Waals surface area contributed by atoms with Crippen molar-refractivity contribution in [2.24, 2.45) is 10.9 Å². The third-order valence-corrected chi connectivity index (χ3v) is 4.76. The van der Waals surface area contributed by atoms with E-state index in [9.17, 15) is 0 Å². The standard InChI is InChI=1S/C19H34N6.HI/c1-6-20-19(23-16(4)15(2)3)22-14-17-7-8-18(21-13-17)25-11-9-24(5)10-12-25;/h7-8,13,15-16H,6,9-12,14H2,1-5H3,(H2,20,22,23);1H. The summed E-state index contributed by atoms with van der Waals surface area (Å²) in [4.78, 5) is 14.0. The highest BCUT2D eigenvalue weighted by Gasteiger charge is 2.15. The zero-order valence-electron chi connectivity index (χ0n) is 16.8. The van der Waals surface area contributed by atoms with Crippen molar-refractivity contribution in [2.75, 3.05) is 44.7 Å². The summed E-state index contributed by atoms with van der Waals surface area (Å²) in [6.45, 7) is 14.5. The van der Waals surface area contributed by atoms with E-state index < -0.39 is 0 Å². The molecule has 2 heterocycles. The molecule has 1 aliphatic rings. The number of hydrogen-bond acceptors (Lipinski definition) is 4. The molecule has 1 aromatic rings. The lowest BCUT2D eigenvalue weighted by atomic mass is 10.1. The highest BCUT2D eigenvalue weighted by molar-refractivity contribution is 14.0. The van der Waals surface area contributed by atoms with E-state index in [4.69, 9.17) is 4.99 Å². The summed E-state index contributed by atoms with van der Waals surface area (Å²) in [6, 6.07) is 4.64. The summed E-state index contributed by atoms with van der Waals surface area (Å²) < 4.78 is 0. The fourth-order valence-corrected chi connectivity index (χ4v) is 2.61. The largest absolute Gasteiger partial charge is 0.357 e. The fourth-order valence-electron chi connectivity index (χ4n) is 2.61. The monoisotopic (exact) mass is 474 g/mol. The van der Waals surface area contributed by atoms with Crippen LogP contribution in [0.5, 0.6) is 0 Å². The number of aliphatic imine (C=N–C) groups is 1. The van der Waals surface area contributed by atoms with Crippen LogP contribution >= 0.6 is 24.0 Å². The van der Waals surface area contributed by atoms with E-state index in [0.717, 1.165) is 50.1 Å². The number of likely N-dealkylation sites (N-methyl/N-ethyl adjacent to an activating group) is 1. The quantitative estimate of drug-likeness (QED) is 0.377. The highest BCUT2D eigenvalue weighted by atomic mass is 127. The molecule has 0 spiro atoms. The van der Waals surface area contributed by atoms with E-state index >= 15 is 0 Å². The van der Waals surface area contributed by atoms with E-state index in [1.165, 1.54) is 0 Å². The first-order valence-corrected chi connectivity index (χ1v) is 9.43. The highest BCUT2D eigenvalue weighted by Crippen LogP contribution is 2.14. The molecule has 0 aromatic carbocycles. The lowest BCUT2D eigenvalue weighted by Gasteiger charge is -2.33. The van der Waals surface area contributed by atoms with Gasteiger partial charge in [0.25, 0.3) is 0 Å². The number of piperazine rings is 1. The zero-order valence-corrected chi connectivity index (χ0v) is 19.2. The fraction of sp³-hybridized carbons (Fsp3) is 0.684. The third kappa shape index (κ3) is 7.26. The normalized spacial score (nSPS) is 17.0. The average molecular weight is 474 g/mol. The minimum Gasteiger partial charge on any atom is -0.357 e. The van der Waals surface area contributed by atoms with Crippen LogP contribution in [0.2, 0.25) is 0 Å². The first-order valence-electron chi connectivity index (χ1n) is 9.43. The molecule has 1 aromatic heterocycles. The molecule has 1 unspecified atom stereocenters. The summed E-state index contributed by atoms with van der Waals surface area (Å²) in [5, 5.41) is 6.77. The first-order chi connectivity index (χ1) is 12.0. The summed E-state index contributed by atoms with van der Waals surface area (Å²) in [5.41, 5.74) is 1.13. The van der Waals surface area contributed by atoms with Gasteiger partial charge in [-0.3, -0.25) is 0 Å². The van der Waals surface area contributed by atoms with Crippen molar-refractivity contribution in [1.82, 2.24) is 20.5 Å². The Hall–Kier alpha value is -1.09. The molecule has 6 nitrogen and oxygen atoms in total. The van der Waals surface area contributed by atoms with Gasteiger partial charge in [0.1, 0.15) is 5.82 Å². The van der Waals surface area contributed by atoms with Crippen LogP contribution in [-0.4, -0.2) is 61.7 Å². The van der Waals surface area contributed by atoms with Gasteiger partial charge in [0.2, 0.25) is 0 Å². The lowest BCUT2D eigenvalue weighted by molar-refractivity contribution is 0.312. The van der Waals surface area contributed by atoms with Gasteiger partial charge in [-0.25, -0.2) is 9.98 Å². The summed E-state index contributed by atoms with van der Waals surface area (Å²) in [7, 11) is 2.17.